The first-order valence-electron chi connectivity index (χ1n) is 8.57. The van der Waals surface area contributed by atoms with Gasteiger partial charge in [-0.3, -0.25) is 4.79 Å². The van der Waals surface area contributed by atoms with Crippen LogP contribution in [-0.2, 0) is 24.2 Å². The number of halogens is 1. The molecule has 2 aromatic carbocycles. The summed E-state index contributed by atoms with van der Waals surface area (Å²) >= 11 is 0. The van der Waals surface area contributed by atoms with Gasteiger partial charge in [0.1, 0.15) is 11.4 Å². The van der Waals surface area contributed by atoms with Crippen LogP contribution in [0.4, 0.5) is 4.39 Å². The minimum absolute atomic E-state index is 0.0496. The van der Waals surface area contributed by atoms with Crippen LogP contribution in [0, 0.1) is 5.82 Å². The lowest BCUT2D eigenvalue weighted by molar-refractivity contribution is -0.149. The lowest BCUT2D eigenvalue weighted by atomic mass is 9.84. The van der Waals surface area contributed by atoms with Gasteiger partial charge in [0.2, 0.25) is 0 Å². The minimum atomic E-state index is -3.46. The molecule has 29 heavy (non-hydrogen) atoms. The fourth-order valence-electron chi connectivity index (χ4n) is 3.09. The molecule has 1 N–H and O–H groups in total. The number of carboxylic acids is 1. The molecule has 0 bridgehead atoms. The van der Waals surface area contributed by atoms with Gasteiger partial charge in [-0.05, 0) is 49.2 Å². The fourth-order valence-corrected chi connectivity index (χ4v) is 3.72. The zero-order valence-corrected chi connectivity index (χ0v) is 17.2. The molecule has 0 saturated carbocycles. The molecule has 0 heterocycles. The highest BCUT2D eigenvalue weighted by atomic mass is 32.2. The second-order valence-corrected chi connectivity index (χ2v) is 8.98. The molecule has 8 heteroatoms. The molecule has 2 aromatic rings. The number of benzene rings is 2. The Bertz CT molecular complexity index is 1080. The largest absolute Gasteiger partial charge is 0.478 e. The van der Waals surface area contributed by atoms with E-state index in [1.54, 1.807) is 0 Å². The Morgan fingerprint density at radius 2 is 1.62 bits per heavy atom. The van der Waals surface area contributed by atoms with Crippen molar-refractivity contribution in [3.05, 3.63) is 65.5 Å². The Hall–Kier alpha value is -3.00. The molecule has 0 saturated heterocycles. The van der Waals surface area contributed by atoms with Crippen molar-refractivity contribution >= 4 is 32.9 Å². The maximum Gasteiger partial charge on any atom is 0.336 e. The Labute approximate surface area is 168 Å². The number of carbonyl (C=O) groups excluding carboxylic acids is 1. The third kappa shape index (κ3) is 5.29. The molecule has 0 amide bonds. The summed E-state index contributed by atoms with van der Waals surface area (Å²) in [6, 6.07) is 10.6. The summed E-state index contributed by atoms with van der Waals surface area (Å²) in [7, 11) is -3.46. The van der Waals surface area contributed by atoms with Gasteiger partial charge in [0.15, 0.2) is 9.84 Å². The Morgan fingerprint density at radius 3 is 2.07 bits per heavy atom. The van der Waals surface area contributed by atoms with E-state index in [0.717, 1.165) is 12.3 Å². The maximum atomic E-state index is 13.8. The number of sulfone groups is 1. The van der Waals surface area contributed by atoms with Gasteiger partial charge in [-0.1, -0.05) is 24.3 Å². The zero-order chi connectivity index (χ0) is 22.0. The number of ether oxygens (including phenoxy) is 1. The number of esters is 1. The highest BCUT2D eigenvalue weighted by molar-refractivity contribution is 7.90. The molecule has 0 aromatic heterocycles. The highest BCUT2D eigenvalue weighted by Crippen LogP contribution is 2.38. The van der Waals surface area contributed by atoms with Gasteiger partial charge >= 0.3 is 11.9 Å². The molecule has 0 fully saturated rings. The second-order valence-electron chi connectivity index (χ2n) is 6.97. The number of hydrogen-bond acceptors (Lipinski definition) is 5. The van der Waals surface area contributed by atoms with Crippen molar-refractivity contribution in [2.45, 2.75) is 31.3 Å². The van der Waals surface area contributed by atoms with Gasteiger partial charge < -0.3 is 9.84 Å². The van der Waals surface area contributed by atoms with Crippen molar-refractivity contribution < 1.29 is 32.2 Å². The van der Waals surface area contributed by atoms with Crippen LogP contribution in [0.5, 0.6) is 0 Å². The summed E-state index contributed by atoms with van der Waals surface area (Å²) in [5, 5.41) is 9.91. The van der Waals surface area contributed by atoms with Crippen LogP contribution in [0.1, 0.15) is 31.9 Å². The lowest BCUT2D eigenvalue weighted by Crippen LogP contribution is -2.30. The maximum absolute atomic E-state index is 13.8. The zero-order valence-electron chi connectivity index (χ0n) is 16.4. The predicted molar refractivity (Wildman–Crippen MR) is 106 cm³/mol. The highest BCUT2D eigenvalue weighted by Gasteiger charge is 2.34. The van der Waals surface area contributed by atoms with E-state index >= 15 is 0 Å². The Balaban J connectivity index is 2.87. The summed E-state index contributed by atoms with van der Waals surface area (Å²) in [5.74, 6) is -2.61. The average molecular weight is 420 g/mol. The van der Waals surface area contributed by atoms with Gasteiger partial charge in [0.05, 0.1) is 10.5 Å². The molecular weight excluding hydrogens is 399 g/mol. The summed E-state index contributed by atoms with van der Waals surface area (Å²) in [4.78, 5) is 23.8. The third-order valence-corrected chi connectivity index (χ3v) is 5.28. The molecule has 0 radical (unpaired) electrons. The quantitative estimate of drug-likeness (QED) is 0.436. The molecule has 0 atom stereocenters. The number of aliphatic carboxylic acids is 1. The van der Waals surface area contributed by atoms with Crippen LogP contribution < -0.4 is 0 Å². The van der Waals surface area contributed by atoms with E-state index in [-0.39, 0.29) is 21.6 Å². The number of carboxylic acid groups (broad SMARTS) is 1. The van der Waals surface area contributed by atoms with Crippen LogP contribution in [-0.4, -0.2) is 37.3 Å². The van der Waals surface area contributed by atoms with Crippen LogP contribution in [0.3, 0.4) is 0 Å². The first-order valence-corrected chi connectivity index (χ1v) is 10.5. The predicted octanol–water partition coefficient (Wildman–Crippen LogP) is 3.57. The van der Waals surface area contributed by atoms with E-state index in [9.17, 15) is 27.5 Å². The summed E-state index contributed by atoms with van der Waals surface area (Å²) < 4.78 is 42.6. The molecule has 0 spiro atoms. The van der Waals surface area contributed by atoms with Crippen LogP contribution in [0.15, 0.2) is 53.4 Å². The van der Waals surface area contributed by atoms with E-state index < -0.39 is 33.2 Å². The molecule has 2 rings (SSSR count). The normalized spacial score (nSPS) is 12.9. The second kappa shape index (κ2) is 8.16. The topological polar surface area (TPSA) is 97.7 Å². The van der Waals surface area contributed by atoms with Crippen molar-refractivity contribution in [3.63, 3.8) is 0 Å². The summed E-state index contributed by atoms with van der Waals surface area (Å²) in [5.41, 5.74) is -1.16. The van der Waals surface area contributed by atoms with E-state index in [1.807, 2.05) is 0 Å². The van der Waals surface area contributed by atoms with Crippen LogP contribution in [0.2, 0.25) is 0 Å². The standard InChI is InChI=1S/C21H21FO6S/c1-13(23)28-21(2,3)19(14-8-10-17(11-9-14)29(4,26)27)18(20(24)25)15-6-5-7-16(22)12-15/h5-12H,1-4H3,(H,24,25). The van der Waals surface area contributed by atoms with Crippen molar-refractivity contribution in [2.24, 2.45) is 0 Å². The van der Waals surface area contributed by atoms with Gasteiger partial charge in [-0.2, -0.15) is 0 Å². The number of carbonyl (C=O) groups is 2. The first-order chi connectivity index (χ1) is 13.3. The Kier molecular flexibility index (Phi) is 6.27. The van der Waals surface area contributed by atoms with E-state index in [0.29, 0.717) is 5.56 Å². The monoisotopic (exact) mass is 420 g/mol. The minimum Gasteiger partial charge on any atom is -0.478 e. The molecule has 6 nitrogen and oxygen atoms in total. The molecule has 0 aliphatic carbocycles. The van der Waals surface area contributed by atoms with Crippen molar-refractivity contribution in [1.82, 2.24) is 0 Å². The van der Waals surface area contributed by atoms with Crippen LogP contribution in [0.25, 0.3) is 11.1 Å². The van der Waals surface area contributed by atoms with Gasteiger partial charge in [0, 0.05) is 18.8 Å². The van der Waals surface area contributed by atoms with E-state index in [1.165, 1.54) is 63.2 Å². The van der Waals surface area contributed by atoms with Gasteiger partial charge in [-0.25, -0.2) is 17.6 Å². The van der Waals surface area contributed by atoms with Crippen molar-refractivity contribution in [2.75, 3.05) is 6.26 Å². The van der Waals surface area contributed by atoms with Crippen molar-refractivity contribution in [1.29, 1.82) is 0 Å². The van der Waals surface area contributed by atoms with Crippen molar-refractivity contribution in [3.8, 4) is 0 Å². The number of hydrogen-bond donors (Lipinski definition) is 1. The Morgan fingerprint density at radius 1 is 1.03 bits per heavy atom. The van der Waals surface area contributed by atoms with Gasteiger partial charge in [0.25, 0.3) is 0 Å². The molecule has 154 valence electrons. The summed E-state index contributed by atoms with van der Waals surface area (Å²) in [6.45, 7) is 4.21. The van der Waals surface area contributed by atoms with E-state index in [2.05, 4.69) is 0 Å². The molecule has 0 aliphatic rings. The first kappa shape index (κ1) is 22.3. The SMILES string of the molecule is CC(=O)OC(C)(C)C(=C(C(=O)O)c1cccc(F)c1)c1ccc(S(C)(=O)=O)cc1. The van der Waals surface area contributed by atoms with Crippen LogP contribution >= 0.6 is 0 Å². The molecule has 0 aliphatic heterocycles. The summed E-state index contributed by atoms with van der Waals surface area (Å²) in [6.07, 6.45) is 1.05. The smallest absolute Gasteiger partial charge is 0.336 e. The van der Waals surface area contributed by atoms with Gasteiger partial charge in [-0.15, -0.1) is 0 Å². The fraction of sp³-hybridized carbons (Fsp3) is 0.238. The lowest BCUT2D eigenvalue weighted by Gasteiger charge is -2.30. The third-order valence-electron chi connectivity index (χ3n) is 4.15. The number of rotatable bonds is 6. The molecular formula is C21H21FO6S. The average Bonchev–Trinajstić information content (AvgIpc) is 2.57. The molecule has 0 unspecified atom stereocenters. The van der Waals surface area contributed by atoms with E-state index in [4.69, 9.17) is 4.74 Å².